The van der Waals surface area contributed by atoms with Gasteiger partial charge in [0.2, 0.25) is 5.91 Å². The first-order chi connectivity index (χ1) is 7.18. The van der Waals surface area contributed by atoms with Crippen molar-refractivity contribution in [3.8, 4) is 0 Å². The molecule has 1 atom stereocenters. The number of carbonyl (C=O) groups is 2. The Labute approximate surface area is 88.9 Å². The van der Waals surface area contributed by atoms with Gasteiger partial charge in [-0.2, -0.15) is 0 Å². The maximum Gasteiger partial charge on any atom is 0.302 e. The van der Waals surface area contributed by atoms with Crippen LogP contribution in [-0.2, 0) is 14.3 Å². The lowest BCUT2D eigenvalue weighted by Gasteiger charge is -2.31. The Morgan fingerprint density at radius 1 is 1.67 bits per heavy atom. The van der Waals surface area contributed by atoms with Gasteiger partial charge in [-0.05, 0) is 18.4 Å². The van der Waals surface area contributed by atoms with Crippen molar-refractivity contribution in [3.63, 3.8) is 0 Å². The van der Waals surface area contributed by atoms with Crippen molar-refractivity contribution in [2.24, 2.45) is 0 Å². The zero-order valence-corrected chi connectivity index (χ0v) is 8.86. The molecule has 4 heteroatoms. The molecule has 0 bridgehead atoms. The van der Waals surface area contributed by atoms with Crippen LogP contribution in [0.4, 0.5) is 0 Å². The summed E-state index contributed by atoms with van der Waals surface area (Å²) in [6, 6.07) is 0.186. The lowest BCUT2D eigenvalue weighted by atomic mass is 9.98. The molecule has 0 aromatic heterocycles. The summed E-state index contributed by atoms with van der Waals surface area (Å²) in [5, 5.41) is 0. The molecule has 2 rings (SSSR count). The Morgan fingerprint density at radius 3 is 3.20 bits per heavy atom. The summed E-state index contributed by atoms with van der Waals surface area (Å²) >= 11 is 0. The molecule has 0 saturated carbocycles. The van der Waals surface area contributed by atoms with Crippen LogP contribution in [0.25, 0.3) is 0 Å². The van der Waals surface area contributed by atoms with Crippen LogP contribution in [0.1, 0.15) is 26.2 Å². The van der Waals surface area contributed by atoms with Crippen LogP contribution in [0.15, 0.2) is 11.6 Å². The van der Waals surface area contributed by atoms with Crippen LogP contribution < -0.4 is 0 Å². The molecule has 2 aliphatic heterocycles. The predicted octanol–water partition coefficient (Wildman–Crippen LogP) is 0.871. The number of hydrogen-bond donors (Lipinski definition) is 0. The number of hydrogen-bond acceptors (Lipinski definition) is 3. The average Bonchev–Trinajstić information content (AvgIpc) is 2.59. The molecule has 0 N–H and O–H groups in total. The van der Waals surface area contributed by atoms with Crippen molar-refractivity contribution in [2.45, 2.75) is 32.2 Å². The fraction of sp³-hybridized carbons (Fsp3) is 0.636. The summed E-state index contributed by atoms with van der Waals surface area (Å²) in [6.07, 6.45) is 4.61. The highest BCUT2D eigenvalue weighted by atomic mass is 16.5. The van der Waals surface area contributed by atoms with Gasteiger partial charge in [0.1, 0.15) is 6.61 Å². The summed E-state index contributed by atoms with van der Waals surface area (Å²) in [7, 11) is 0. The third kappa shape index (κ3) is 2.03. The first-order valence-corrected chi connectivity index (χ1v) is 5.30. The van der Waals surface area contributed by atoms with Crippen molar-refractivity contribution in [3.05, 3.63) is 11.6 Å². The SMILES string of the molecule is CC(=O)OCC1=CCN2C(=O)CCC[C@@H]12. The van der Waals surface area contributed by atoms with Crippen LogP contribution >= 0.6 is 0 Å². The molecule has 0 aromatic carbocycles. The fourth-order valence-corrected chi connectivity index (χ4v) is 2.23. The van der Waals surface area contributed by atoms with Crippen LogP contribution in [0.3, 0.4) is 0 Å². The summed E-state index contributed by atoms with van der Waals surface area (Å²) in [4.78, 5) is 24.1. The van der Waals surface area contributed by atoms with Crippen LogP contribution in [0.2, 0.25) is 0 Å². The summed E-state index contributed by atoms with van der Waals surface area (Å²) in [6.45, 7) is 2.42. The highest BCUT2D eigenvalue weighted by Crippen LogP contribution is 2.28. The number of fused-ring (bicyclic) bond motifs is 1. The van der Waals surface area contributed by atoms with E-state index in [4.69, 9.17) is 4.74 Å². The quantitative estimate of drug-likeness (QED) is 0.501. The van der Waals surface area contributed by atoms with E-state index in [1.165, 1.54) is 6.92 Å². The first kappa shape index (κ1) is 10.2. The van der Waals surface area contributed by atoms with Gasteiger partial charge in [0.05, 0.1) is 6.04 Å². The first-order valence-electron chi connectivity index (χ1n) is 5.30. The minimum Gasteiger partial charge on any atom is -0.461 e. The minimum absolute atomic E-state index is 0.186. The second-order valence-corrected chi connectivity index (χ2v) is 4.01. The topological polar surface area (TPSA) is 46.6 Å². The van der Waals surface area contributed by atoms with Gasteiger partial charge >= 0.3 is 5.97 Å². The van der Waals surface area contributed by atoms with Crippen molar-refractivity contribution in [1.29, 1.82) is 0 Å². The second-order valence-electron chi connectivity index (χ2n) is 4.01. The Morgan fingerprint density at radius 2 is 2.47 bits per heavy atom. The number of esters is 1. The number of carbonyl (C=O) groups excluding carboxylic acids is 2. The molecule has 15 heavy (non-hydrogen) atoms. The van der Waals surface area contributed by atoms with Gasteiger partial charge < -0.3 is 9.64 Å². The standard InChI is InChI=1S/C11H15NO3/c1-8(13)15-7-9-5-6-12-10(9)3-2-4-11(12)14/h5,10H,2-4,6-7H2,1H3/t10-/m0/s1. The molecule has 2 aliphatic rings. The van der Waals surface area contributed by atoms with Crippen molar-refractivity contribution < 1.29 is 14.3 Å². The van der Waals surface area contributed by atoms with Crippen molar-refractivity contribution in [2.75, 3.05) is 13.2 Å². The van der Waals surface area contributed by atoms with E-state index in [0.29, 0.717) is 19.6 Å². The molecular formula is C11H15NO3. The second kappa shape index (κ2) is 4.04. The number of ether oxygens (including phenoxy) is 1. The highest BCUT2D eigenvalue weighted by molar-refractivity contribution is 5.78. The molecule has 82 valence electrons. The molecular weight excluding hydrogens is 194 g/mol. The Hall–Kier alpha value is -1.32. The lowest BCUT2D eigenvalue weighted by molar-refractivity contribution is -0.140. The molecule has 0 radical (unpaired) electrons. The van der Waals surface area contributed by atoms with E-state index in [9.17, 15) is 9.59 Å². The zero-order valence-electron chi connectivity index (χ0n) is 8.86. The van der Waals surface area contributed by atoms with Gasteiger partial charge in [-0.1, -0.05) is 6.08 Å². The molecule has 4 nitrogen and oxygen atoms in total. The zero-order chi connectivity index (χ0) is 10.8. The van der Waals surface area contributed by atoms with Gasteiger partial charge in [-0.3, -0.25) is 9.59 Å². The summed E-state index contributed by atoms with van der Waals surface area (Å²) < 4.78 is 4.96. The fourth-order valence-electron chi connectivity index (χ4n) is 2.23. The van der Waals surface area contributed by atoms with E-state index in [1.807, 2.05) is 11.0 Å². The molecule has 0 aliphatic carbocycles. The number of nitrogens with zero attached hydrogens (tertiary/aromatic N) is 1. The van der Waals surface area contributed by atoms with Gasteiger partial charge in [0.25, 0.3) is 0 Å². The van der Waals surface area contributed by atoms with Gasteiger partial charge in [-0.25, -0.2) is 0 Å². The number of amides is 1. The van der Waals surface area contributed by atoms with E-state index in [2.05, 4.69) is 0 Å². The average molecular weight is 209 g/mol. The Kier molecular flexibility index (Phi) is 2.75. The summed E-state index contributed by atoms with van der Waals surface area (Å²) in [5.74, 6) is -0.0446. The Balaban J connectivity index is 1.97. The monoisotopic (exact) mass is 209 g/mol. The lowest BCUT2D eigenvalue weighted by Crippen LogP contribution is -2.41. The smallest absolute Gasteiger partial charge is 0.302 e. The van der Waals surface area contributed by atoms with E-state index in [-0.39, 0.29) is 17.9 Å². The Bertz CT molecular complexity index is 322. The van der Waals surface area contributed by atoms with E-state index >= 15 is 0 Å². The number of rotatable bonds is 2. The normalized spacial score (nSPS) is 24.9. The van der Waals surface area contributed by atoms with E-state index in [1.54, 1.807) is 0 Å². The van der Waals surface area contributed by atoms with Crippen LogP contribution in [-0.4, -0.2) is 36.0 Å². The van der Waals surface area contributed by atoms with Crippen LogP contribution in [0.5, 0.6) is 0 Å². The molecule has 0 unspecified atom stereocenters. The van der Waals surface area contributed by atoms with Crippen LogP contribution in [0, 0.1) is 0 Å². The highest BCUT2D eigenvalue weighted by Gasteiger charge is 2.33. The molecule has 0 spiro atoms. The minimum atomic E-state index is -0.267. The molecule has 1 amide bonds. The van der Waals surface area contributed by atoms with Crippen molar-refractivity contribution in [1.82, 2.24) is 4.90 Å². The van der Waals surface area contributed by atoms with E-state index < -0.39 is 0 Å². The molecule has 2 heterocycles. The van der Waals surface area contributed by atoms with Gasteiger partial charge in [0, 0.05) is 19.9 Å². The third-order valence-electron chi connectivity index (χ3n) is 2.99. The largest absolute Gasteiger partial charge is 0.461 e. The van der Waals surface area contributed by atoms with Gasteiger partial charge in [0.15, 0.2) is 0 Å². The molecule has 0 aromatic rings. The van der Waals surface area contributed by atoms with Crippen molar-refractivity contribution >= 4 is 11.9 Å². The van der Waals surface area contributed by atoms with E-state index in [0.717, 1.165) is 18.4 Å². The number of piperidine rings is 1. The maximum atomic E-state index is 11.5. The molecule has 1 fully saturated rings. The third-order valence-corrected chi connectivity index (χ3v) is 2.99. The molecule has 1 saturated heterocycles. The van der Waals surface area contributed by atoms with Gasteiger partial charge in [-0.15, -0.1) is 0 Å². The maximum absolute atomic E-state index is 11.5. The predicted molar refractivity (Wildman–Crippen MR) is 54.1 cm³/mol. The summed E-state index contributed by atoms with van der Waals surface area (Å²) in [5.41, 5.74) is 1.08.